The van der Waals surface area contributed by atoms with Crippen LogP contribution < -0.4 is 10.2 Å². The first-order valence-electron chi connectivity index (χ1n) is 12.9. The highest BCUT2D eigenvalue weighted by Gasteiger charge is 2.38. The van der Waals surface area contributed by atoms with Crippen LogP contribution in [0.5, 0.6) is 0 Å². The van der Waals surface area contributed by atoms with Gasteiger partial charge in [-0.05, 0) is 48.0 Å². The topological polar surface area (TPSA) is 80.4 Å². The highest BCUT2D eigenvalue weighted by molar-refractivity contribution is 8.00. The van der Waals surface area contributed by atoms with Gasteiger partial charge in [0.25, 0.3) is 0 Å². The molecule has 5 aromatic rings. The smallest absolute Gasteiger partial charge is 0.240 e. The van der Waals surface area contributed by atoms with Crippen LogP contribution >= 0.6 is 23.4 Å². The Hall–Kier alpha value is -4.34. The van der Waals surface area contributed by atoms with Crippen molar-refractivity contribution in [3.8, 4) is 16.9 Å². The maximum Gasteiger partial charge on any atom is 0.240 e. The van der Waals surface area contributed by atoms with Crippen molar-refractivity contribution in [2.24, 2.45) is 0 Å². The molecule has 0 unspecified atom stereocenters. The summed E-state index contributed by atoms with van der Waals surface area (Å²) in [7, 11) is 0. The van der Waals surface area contributed by atoms with E-state index in [-0.39, 0.29) is 35.9 Å². The number of fused-ring (bicyclic) bond motifs is 1. The van der Waals surface area contributed by atoms with E-state index in [2.05, 4.69) is 5.32 Å². The third-order valence-corrected chi connectivity index (χ3v) is 8.32. The molecule has 0 spiro atoms. The van der Waals surface area contributed by atoms with E-state index in [1.807, 2.05) is 54.6 Å². The van der Waals surface area contributed by atoms with Crippen LogP contribution in [-0.2, 0) is 16.1 Å². The van der Waals surface area contributed by atoms with Crippen molar-refractivity contribution >= 4 is 41.0 Å². The zero-order valence-electron chi connectivity index (χ0n) is 21.7. The molecule has 7 nitrogen and oxygen atoms in total. The maximum absolute atomic E-state index is 13.9. The Morgan fingerprint density at radius 1 is 1.02 bits per heavy atom. The SMILES string of the molecule is O=C(CN1C(=O)CS[C@H](c2ccccc2Cl)c2c(-c3ccccc3)nn(-c3ccc(F)cc3)c21)NCc1ccco1. The number of benzene rings is 3. The predicted octanol–water partition coefficient (Wildman–Crippen LogP) is 6.41. The highest BCUT2D eigenvalue weighted by atomic mass is 35.5. The monoisotopic (exact) mass is 586 g/mol. The van der Waals surface area contributed by atoms with Gasteiger partial charge in [-0.3, -0.25) is 14.5 Å². The first kappa shape index (κ1) is 26.9. The van der Waals surface area contributed by atoms with Crippen molar-refractivity contribution in [3.63, 3.8) is 0 Å². The van der Waals surface area contributed by atoms with E-state index in [0.29, 0.717) is 28.0 Å². The number of carbonyl (C=O) groups excluding carboxylic acids is 2. The lowest BCUT2D eigenvalue weighted by Crippen LogP contribution is -2.42. The zero-order valence-corrected chi connectivity index (χ0v) is 23.2. The van der Waals surface area contributed by atoms with Gasteiger partial charge in [-0.25, -0.2) is 9.07 Å². The Balaban J connectivity index is 1.54. The van der Waals surface area contributed by atoms with Gasteiger partial charge in [0.15, 0.2) is 0 Å². The second-order valence-electron chi connectivity index (χ2n) is 9.39. The fraction of sp³-hybridized carbons (Fsp3) is 0.129. The molecule has 0 bridgehead atoms. The molecule has 1 aliphatic rings. The number of hydrogen-bond acceptors (Lipinski definition) is 5. The summed E-state index contributed by atoms with van der Waals surface area (Å²) in [5, 5.41) is 8.00. The van der Waals surface area contributed by atoms with Crippen LogP contribution in [0.4, 0.5) is 10.2 Å². The summed E-state index contributed by atoms with van der Waals surface area (Å²) in [6.07, 6.45) is 1.53. The predicted molar refractivity (Wildman–Crippen MR) is 158 cm³/mol. The van der Waals surface area contributed by atoms with E-state index < -0.39 is 5.82 Å². The summed E-state index contributed by atoms with van der Waals surface area (Å²) >= 11 is 8.14. The summed E-state index contributed by atoms with van der Waals surface area (Å²) < 4.78 is 20.9. The number of carbonyl (C=O) groups is 2. The Morgan fingerprint density at radius 3 is 2.51 bits per heavy atom. The molecule has 0 fully saturated rings. The standard InChI is InChI=1S/C31H24ClFN4O3S/c32-25-11-5-4-10-24(25)30-28-29(20-7-2-1-3-8-20)35-37(22-14-12-21(33)13-15-22)31(28)36(27(39)19-41-30)18-26(38)34-17-23-9-6-16-40-23/h1-16,30H,17-19H2,(H,34,38)/t30-/m1/s1. The van der Waals surface area contributed by atoms with Gasteiger partial charge in [-0.1, -0.05) is 60.1 Å². The molecular weight excluding hydrogens is 563 g/mol. The minimum atomic E-state index is -0.398. The third-order valence-electron chi connectivity index (χ3n) is 6.74. The lowest BCUT2D eigenvalue weighted by atomic mass is 9.99. The third kappa shape index (κ3) is 5.51. The molecule has 2 aromatic heterocycles. The van der Waals surface area contributed by atoms with E-state index in [0.717, 1.165) is 16.7 Å². The number of rotatable bonds is 7. The molecule has 0 saturated carbocycles. The minimum absolute atomic E-state index is 0.105. The molecule has 2 amide bonds. The summed E-state index contributed by atoms with van der Waals surface area (Å²) in [6, 6.07) is 26.5. The van der Waals surface area contributed by atoms with E-state index >= 15 is 0 Å². The molecular formula is C31H24ClFN4O3S. The Kier molecular flexibility index (Phi) is 7.63. The van der Waals surface area contributed by atoms with Crippen LogP contribution in [0.3, 0.4) is 0 Å². The average Bonchev–Trinajstić information content (AvgIpc) is 3.62. The Bertz CT molecular complexity index is 1690. The van der Waals surface area contributed by atoms with Crippen molar-refractivity contribution in [1.29, 1.82) is 0 Å². The molecule has 0 radical (unpaired) electrons. The summed E-state index contributed by atoms with van der Waals surface area (Å²) in [5.74, 6) is 0.108. The number of nitrogens with one attached hydrogen (secondary N) is 1. The van der Waals surface area contributed by atoms with E-state index in [1.165, 1.54) is 35.1 Å². The minimum Gasteiger partial charge on any atom is -0.467 e. The maximum atomic E-state index is 13.9. The lowest BCUT2D eigenvalue weighted by Gasteiger charge is -2.23. The van der Waals surface area contributed by atoms with Gasteiger partial charge in [-0.2, -0.15) is 5.10 Å². The van der Waals surface area contributed by atoms with Gasteiger partial charge in [0.1, 0.15) is 23.9 Å². The Labute approximate surface area is 244 Å². The molecule has 41 heavy (non-hydrogen) atoms. The molecule has 0 aliphatic carbocycles. The molecule has 206 valence electrons. The average molecular weight is 587 g/mol. The number of thioether (sulfide) groups is 1. The number of halogens is 2. The molecule has 3 heterocycles. The first-order chi connectivity index (χ1) is 20.0. The van der Waals surface area contributed by atoms with Gasteiger partial charge >= 0.3 is 0 Å². The van der Waals surface area contributed by atoms with Gasteiger partial charge in [0, 0.05) is 16.1 Å². The van der Waals surface area contributed by atoms with Gasteiger partial charge in [0.2, 0.25) is 11.8 Å². The molecule has 0 saturated heterocycles. The van der Waals surface area contributed by atoms with Gasteiger partial charge in [-0.15, -0.1) is 11.8 Å². The molecule has 6 rings (SSSR count). The van der Waals surface area contributed by atoms with Crippen LogP contribution in [0.25, 0.3) is 16.9 Å². The number of amides is 2. The normalized spacial score (nSPS) is 14.9. The summed E-state index contributed by atoms with van der Waals surface area (Å²) in [6.45, 7) is -0.0618. The summed E-state index contributed by atoms with van der Waals surface area (Å²) in [5.41, 5.74) is 3.58. The van der Waals surface area contributed by atoms with Crippen molar-refractivity contribution in [2.45, 2.75) is 11.8 Å². The van der Waals surface area contributed by atoms with Crippen LogP contribution in [0, 0.1) is 5.82 Å². The van der Waals surface area contributed by atoms with Crippen molar-refractivity contribution in [2.75, 3.05) is 17.2 Å². The van der Waals surface area contributed by atoms with E-state index in [9.17, 15) is 14.0 Å². The second kappa shape index (κ2) is 11.6. The Morgan fingerprint density at radius 2 is 1.78 bits per heavy atom. The fourth-order valence-electron chi connectivity index (χ4n) is 4.82. The van der Waals surface area contributed by atoms with Crippen molar-refractivity contribution in [1.82, 2.24) is 15.1 Å². The quantitative estimate of drug-likeness (QED) is 0.238. The molecule has 10 heteroatoms. The van der Waals surface area contributed by atoms with Crippen molar-refractivity contribution < 1.29 is 18.4 Å². The second-order valence-corrected chi connectivity index (χ2v) is 10.9. The fourth-order valence-corrected chi connectivity index (χ4v) is 6.37. The largest absolute Gasteiger partial charge is 0.467 e. The van der Waals surface area contributed by atoms with E-state index in [4.69, 9.17) is 21.1 Å². The molecule has 3 aromatic carbocycles. The highest BCUT2D eigenvalue weighted by Crippen LogP contribution is 2.49. The van der Waals surface area contributed by atoms with Crippen LogP contribution in [0.1, 0.15) is 22.1 Å². The summed E-state index contributed by atoms with van der Waals surface area (Å²) in [4.78, 5) is 28.4. The number of hydrogen-bond donors (Lipinski definition) is 1. The van der Waals surface area contributed by atoms with Gasteiger partial charge in [0.05, 0.1) is 35.2 Å². The number of aromatic nitrogens is 2. The number of furan rings is 1. The van der Waals surface area contributed by atoms with Gasteiger partial charge < -0.3 is 9.73 Å². The molecule has 1 aliphatic heterocycles. The lowest BCUT2D eigenvalue weighted by molar-refractivity contribution is -0.123. The molecule has 1 N–H and O–H groups in total. The van der Waals surface area contributed by atoms with E-state index in [1.54, 1.807) is 28.9 Å². The van der Waals surface area contributed by atoms with Crippen LogP contribution in [-0.4, -0.2) is 33.9 Å². The number of nitrogens with zero attached hydrogens (tertiary/aromatic N) is 3. The van der Waals surface area contributed by atoms with Crippen molar-refractivity contribution in [3.05, 3.63) is 125 Å². The zero-order chi connectivity index (χ0) is 28.3. The van der Waals surface area contributed by atoms with Crippen LogP contribution in [0.2, 0.25) is 5.02 Å². The first-order valence-corrected chi connectivity index (χ1v) is 14.3. The van der Waals surface area contributed by atoms with Crippen LogP contribution in [0.15, 0.2) is 102 Å². The molecule has 1 atom stereocenters. The number of anilines is 1.